The van der Waals surface area contributed by atoms with Crippen molar-refractivity contribution in [1.82, 2.24) is 4.98 Å². The maximum Gasteiger partial charge on any atom is 0.413 e. The average molecular weight is 312 g/mol. The Hall–Kier alpha value is -2.02. The van der Waals surface area contributed by atoms with E-state index in [1.54, 1.807) is 26.2 Å². The molecule has 2 rings (SSSR count). The van der Waals surface area contributed by atoms with Crippen LogP contribution >= 0.6 is 11.3 Å². The van der Waals surface area contributed by atoms with Crippen molar-refractivity contribution in [1.29, 1.82) is 0 Å². The minimum atomic E-state index is -0.942. The monoisotopic (exact) mass is 312 g/mol. The van der Waals surface area contributed by atoms with E-state index in [1.807, 2.05) is 0 Å². The van der Waals surface area contributed by atoms with Crippen LogP contribution in [-0.4, -0.2) is 16.7 Å². The van der Waals surface area contributed by atoms with Gasteiger partial charge in [-0.1, -0.05) is 0 Å². The van der Waals surface area contributed by atoms with Crippen LogP contribution in [0.2, 0.25) is 0 Å². The molecule has 2 aromatic rings. The Balaban J connectivity index is 2.11. The van der Waals surface area contributed by atoms with Gasteiger partial charge in [0.2, 0.25) is 0 Å². The summed E-state index contributed by atoms with van der Waals surface area (Å²) < 4.78 is 31.2. The molecule has 0 saturated carbocycles. The van der Waals surface area contributed by atoms with Crippen molar-refractivity contribution in [2.45, 2.75) is 26.4 Å². The molecule has 1 aromatic heterocycles. The third kappa shape index (κ3) is 4.22. The molecule has 1 heterocycles. The van der Waals surface area contributed by atoms with Gasteiger partial charge in [0.05, 0.1) is 5.69 Å². The van der Waals surface area contributed by atoms with E-state index in [1.165, 1.54) is 17.4 Å². The van der Waals surface area contributed by atoms with Crippen molar-refractivity contribution in [3.8, 4) is 11.3 Å². The van der Waals surface area contributed by atoms with Crippen molar-refractivity contribution < 1.29 is 18.3 Å². The molecule has 0 radical (unpaired) electrons. The molecule has 1 aromatic carbocycles. The number of halogens is 2. The van der Waals surface area contributed by atoms with Crippen LogP contribution in [0.5, 0.6) is 0 Å². The summed E-state index contributed by atoms with van der Waals surface area (Å²) >= 11 is 1.17. The summed E-state index contributed by atoms with van der Waals surface area (Å²) in [4.78, 5) is 15.7. The van der Waals surface area contributed by atoms with Crippen LogP contribution in [0.25, 0.3) is 11.3 Å². The van der Waals surface area contributed by atoms with Crippen LogP contribution in [0, 0.1) is 11.6 Å². The Morgan fingerprint density at radius 1 is 1.29 bits per heavy atom. The molecule has 4 nitrogen and oxygen atoms in total. The first-order valence-corrected chi connectivity index (χ1v) is 7.03. The number of hydrogen-bond acceptors (Lipinski definition) is 4. The summed E-state index contributed by atoms with van der Waals surface area (Å²) in [6, 6.07) is 3.51. The second kappa shape index (κ2) is 5.77. The van der Waals surface area contributed by atoms with E-state index in [9.17, 15) is 13.6 Å². The molecule has 0 atom stereocenters. The summed E-state index contributed by atoms with van der Waals surface area (Å²) in [6.07, 6.45) is -0.617. The van der Waals surface area contributed by atoms with Gasteiger partial charge in [-0.15, -0.1) is 11.3 Å². The number of benzene rings is 1. The molecular formula is C14H14F2N2O2S. The topological polar surface area (TPSA) is 51.2 Å². The number of hydrogen-bond donors (Lipinski definition) is 1. The molecule has 1 N–H and O–H groups in total. The molecular weight excluding hydrogens is 298 g/mol. The van der Waals surface area contributed by atoms with Gasteiger partial charge in [-0.25, -0.2) is 18.6 Å². The zero-order chi connectivity index (χ0) is 15.6. The maximum atomic E-state index is 13.2. The van der Waals surface area contributed by atoms with Gasteiger partial charge in [0.25, 0.3) is 0 Å². The lowest BCUT2D eigenvalue weighted by molar-refractivity contribution is 0.0636. The number of nitrogens with one attached hydrogen (secondary N) is 1. The van der Waals surface area contributed by atoms with Gasteiger partial charge in [0.15, 0.2) is 16.8 Å². The second-order valence-electron chi connectivity index (χ2n) is 5.29. The molecule has 21 heavy (non-hydrogen) atoms. The van der Waals surface area contributed by atoms with Gasteiger partial charge in [-0.2, -0.15) is 0 Å². The van der Waals surface area contributed by atoms with Crippen LogP contribution in [0.3, 0.4) is 0 Å². The Bertz CT molecular complexity index is 665. The zero-order valence-electron chi connectivity index (χ0n) is 11.7. The number of rotatable bonds is 2. The minimum absolute atomic E-state index is 0.323. The summed E-state index contributed by atoms with van der Waals surface area (Å²) in [5, 5.41) is 4.45. The molecule has 0 bridgehead atoms. The van der Waals surface area contributed by atoms with Crippen molar-refractivity contribution in [3.63, 3.8) is 0 Å². The molecule has 0 aliphatic carbocycles. The van der Waals surface area contributed by atoms with E-state index in [0.29, 0.717) is 16.4 Å². The number of anilines is 1. The smallest absolute Gasteiger partial charge is 0.413 e. The predicted octanol–water partition coefficient (Wildman–Crippen LogP) is 4.44. The van der Waals surface area contributed by atoms with Crippen molar-refractivity contribution in [2.24, 2.45) is 0 Å². The van der Waals surface area contributed by atoms with Crippen LogP contribution in [-0.2, 0) is 4.74 Å². The minimum Gasteiger partial charge on any atom is -0.444 e. The number of nitrogens with zero attached hydrogens (tertiary/aromatic N) is 1. The third-order valence-electron chi connectivity index (χ3n) is 2.33. The molecule has 0 spiro atoms. The number of carbonyl (C=O) groups excluding carboxylic acids is 1. The van der Waals surface area contributed by atoms with Crippen LogP contribution in [0.4, 0.5) is 18.7 Å². The van der Waals surface area contributed by atoms with Gasteiger partial charge in [-0.3, -0.25) is 5.32 Å². The predicted molar refractivity (Wildman–Crippen MR) is 77.3 cm³/mol. The highest BCUT2D eigenvalue weighted by atomic mass is 32.1. The average Bonchev–Trinajstić information content (AvgIpc) is 2.78. The molecule has 112 valence electrons. The third-order valence-corrected chi connectivity index (χ3v) is 3.09. The van der Waals surface area contributed by atoms with E-state index < -0.39 is 23.3 Å². The van der Waals surface area contributed by atoms with Crippen molar-refractivity contribution in [3.05, 3.63) is 35.2 Å². The highest BCUT2D eigenvalue weighted by Gasteiger charge is 2.17. The van der Waals surface area contributed by atoms with Crippen LogP contribution in [0.1, 0.15) is 20.8 Å². The first kappa shape index (κ1) is 15.4. The molecule has 0 aliphatic rings. The first-order valence-electron chi connectivity index (χ1n) is 6.15. The summed E-state index contributed by atoms with van der Waals surface area (Å²) in [6.45, 7) is 5.25. The van der Waals surface area contributed by atoms with Crippen LogP contribution in [0.15, 0.2) is 23.6 Å². The van der Waals surface area contributed by atoms with E-state index in [-0.39, 0.29) is 0 Å². The lowest BCUT2D eigenvalue weighted by Gasteiger charge is -2.18. The molecule has 0 unspecified atom stereocenters. The van der Waals surface area contributed by atoms with E-state index in [0.717, 1.165) is 12.1 Å². The fourth-order valence-corrected chi connectivity index (χ4v) is 2.22. The van der Waals surface area contributed by atoms with Gasteiger partial charge in [0, 0.05) is 10.9 Å². The molecule has 0 fully saturated rings. The quantitative estimate of drug-likeness (QED) is 0.892. The number of amides is 1. The number of carbonyl (C=O) groups is 1. The zero-order valence-corrected chi connectivity index (χ0v) is 12.6. The Morgan fingerprint density at radius 3 is 2.62 bits per heavy atom. The fraction of sp³-hybridized carbons (Fsp3) is 0.286. The number of ether oxygens (including phenoxy) is 1. The normalized spacial score (nSPS) is 11.3. The Kier molecular flexibility index (Phi) is 4.22. The fourth-order valence-electron chi connectivity index (χ4n) is 1.51. The number of aromatic nitrogens is 1. The first-order chi connectivity index (χ1) is 9.74. The molecule has 0 saturated heterocycles. The van der Waals surface area contributed by atoms with Crippen molar-refractivity contribution in [2.75, 3.05) is 5.32 Å². The van der Waals surface area contributed by atoms with E-state index >= 15 is 0 Å². The number of thiazole rings is 1. The molecule has 0 aliphatic heterocycles. The largest absolute Gasteiger partial charge is 0.444 e. The maximum absolute atomic E-state index is 13.2. The van der Waals surface area contributed by atoms with E-state index in [4.69, 9.17) is 4.74 Å². The van der Waals surface area contributed by atoms with Gasteiger partial charge in [0.1, 0.15) is 5.60 Å². The Labute approximate surface area is 124 Å². The highest BCUT2D eigenvalue weighted by molar-refractivity contribution is 7.14. The van der Waals surface area contributed by atoms with Gasteiger partial charge < -0.3 is 4.74 Å². The second-order valence-corrected chi connectivity index (χ2v) is 6.15. The van der Waals surface area contributed by atoms with Crippen molar-refractivity contribution >= 4 is 22.6 Å². The summed E-state index contributed by atoms with van der Waals surface area (Å²) in [5.41, 5.74) is 0.275. The highest BCUT2D eigenvalue weighted by Crippen LogP contribution is 2.26. The van der Waals surface area contributed by atoms with E-state index in [2.05, 4.69) is 10.3 Å². The standard InChI is InChI=1S/C14H14F2N2O2S/c1-14(2,3)20-13(19)18-12-17-11(7-21-12)8-4-5-9(15)10(16)6-8/h4-7H,1-3H3,(H,17,18,19). The van der Waals surface area contributed by atoms with Gasteiger partial charge >= 0.3 is 6.09 Å². The molecule has 7 heteroatoms. The SMILES string of the molecule is CC(C)(C)OC(=O)Nc1nc(-c2ccc(F)c(F)c2)cs1. The molecule has 1 amide bonds. The summed E-state index contributed by atoms with van der Waals surface area (Å²) in [5.74, 6) is -1.86. The lowest BCUT2D eigenvalue weighted by Crippen LogP contribution is -2.27. The lowest BCUT2D eigenvalue weighted by atomic mass is 10.2. The van der Waals surface area contributed by atoms with Crippen LogP contribution < -0.4 is 5.32 Å². The summed E-state index contributed by atoms with van der Waals surface area (Å²) in [7, 11) is 0. The van der Waals surface area contributed by atoms with Gasteiger partial charge in [-0.05, 0) is 39.0 Å². The Morgan fingerprint density at radius 2 is 2.00 bits per heavy atom.